The van der Waals surface area contributed by atoms with Crippen LogP contribution in [0.2, 0.25) is 0 Å². The van der Waals surface area contributed by atoms with Crippen molar-refractivity contribution >= 4 is 29.8 Å². The third kappa shape index (κ3) is 2.82. The SMILES string of the molecule is Cl.Nc1nc(=O)n([C@@H]2O[C@H](CO)[C@@H](O)[C@@H]2Cl)cc1F. The van der Waals surface area contributed by atoms with Crippen LogP contribution in [0, 0.1) is 5.82 Å². The summed E-state index contributed by atoms with van der Waals surface area (Å²) in [5.41, 5.74) is 4.29. The number of anilines is 1. The van der Waals surface area contributed by atoms with Gasteiger partial charge in [-0.05, 0) is 0 Å². The zero-order chi connectivity index (χ0) is 13.4. The van der Waals surface area contributed by atoms with E-state index in [0.29, 0.717) is 0 Å². The molecule has 1 aromatic rings. The van der Waals surface area contributed by atoms with Gasteiger partial charge in [0.1, 0.15) is 17.6 Å². The molecule has 0 spiro atoms. The Kier molecular flexibility index (Phi) is 5.11. The summed E-state index contributed by atoms with van der Waals surface area (Å²) in [6.45, 7) is -0.472. The second kappa shape index (κ2) is 6.02. The number of nitrogen functional groups attached to an aromatic ring is 1. The van der Waals surface area contributed by atoms with Gasteiger partial charge in [-0.1, -0.05) is 0 Å². The van der Waals surface area contributed by atoms with Crippen LogP contribution in [-0.2, 0) is 4.74 Å². The predicted octanol–water partition coefficient (Wildman–Crippen LogP) is -0.756. The first-order valence-corrected chi connectivity index (χ1v) is 5.52. The highest BCUT2D eigenvalue weighted by Crippen LogP contribution is 2.32. The highest BCUT2D eigenvalue weighted by Gasteiger charge is 2.43. The number of alkyl halides is 1. The summed E-state index contributed by atoms with van der Waals surface area (Å²) in [7, 11) is 0. The van der Waals surface area contributed by atoms with E-state index in [2.05, 4.69) is 4.98 Å². The molecule has 2 rings (SSSR count). The molecule has 2 heterocycles. The summed E-state index contributed by atoms with van der Waals surface area (Å²) < 4.78 is 19.2. The van der Waals surface area contributed by atoms with E-state index in [1.54, 1.807) is 0 Å². The van der Waals surface area contributed by atoms with Crippen LogP contribution < -0.4 is 11.4 Å². The number of aliphatic hydroxyl groups is 2. The molecule has 0 radical (unpaired) electrons. The fourth-order valence-corrected chi connectivity index (χ4v) is 2.06. The number of rotatable bonds is 2. The lowest BCUT2D eigenvalue weighted by molar-refractivity contribution is -0.0459. The van der Waals surface area contributed by atoms with Crippen molar-refractivity contribution in [1.82, 2.24) is 9.55 Å². The van der Waals surface area contributed by atoms with Crippen LogP contribution in [0.1, 0.15) is 6.23 Å². The smallest absolute Gasteiger partial charge is 0.351 e. The predicted molar refractivity (Wildman–Crippen MR) is 66.8 cm³/mol. The van der Waals surface area contributed by atoms with Gasteiger partial charge in [0.25, 0.3) is 0 Å². The molecule has 19 heavy (non-hydrogen) atoms. The second-order valence-electron chi connectivity index (χ2n) is 3.85. The number of aromatic nitrogens is 2. The van der Waals surface area contributed by atoms with Gasteiger partial charge in [-0.2, -0.15) is 4.98 Å². The molecule has 1 aliphatic rings. The Morgan fingerprint density at radius 1 is 1.63 bits per heavy atom. The van der Waals surface area contributed by atoms with E-state index in [9.17, 15) is 14.3 Å². The van der Waals surface area contributed by atoms with Gasteiger partial charge in [0, 0.05) is 0 Å². The summed E-state index contributed by atoms with van der Waals surface area (Å²) >= 11 is 5.87. The number of nitrogens with zero attached hydrogens (tertiary/aromatic N) is 2. The third-order valence-corrected chi connectivity index (χ3v) is 3.16. The van der Waals surface area contributed by atoms with Crippen LogP contribution in [0.25, 0.3) is 0 Å². The van der Waals surface area contributed by atoms with Crippen molar-refractivity contribution in [3.8, 4) is 0 Å². The largest absolute Gasteiger partial charge is 0.394 e. The molecule has 1 aliphatic heterocycles. The Morgan fingerprint density at radius 3 is 2.79 bits per heavy atom. The number of aliphatic hydroxyl groups excluding tert-OH is 2. The molecule has 4 atom stereocenters. The Hall–Kier alpha value is -0.930. The molecule has 0 bridgehead atoms. The molecule has 7 nitrogen and oxygen atoms in total. The van der Waals surface area contributed by atoms with Crippen LogP contribution in [0.3, 0.4) is 0 Å². The van der Waals surface area contributed by atoms with E-state index >= 15 is 0 Å². The lowest BCUT2D eigenvalue weighted by atomic mass is 10.2. The van der Waals surface area contributed by atoms with E-state index in [-0.39, 0.29) is 12.4 Å². The maximum absolute atomic E-state index is 13.3. The number of hydrogen-bond acceptors (Lipinski definition) is 6. The monoisotopic (exact) mass is 315 g/mol. The van der Waals surface area contributed by atoms with Gasteiger partial charge in [0.2, 0.25) is 0 Å². The Labute approximate surface area is 118 Å². The number of hydrogen-bond donors (Lipinski definition) is 3. The van der Waals surface area contributed by atoms with Crippen molar-refractivity contribution in [2.24, 2.45) is 0 Å². The van der Waals surface area contributed by atoms with E-state index in [4.69, 9.17) is 27.2 Å². The van der Waals surface area contributed by atoms with Crippen LogP contribution >= 0.6 is 24.0 Å². The molecule has 0 aliphatic carbocycles. The summed E-state index contributed by atoms with van der Waals surface area (Å²) in [6, 6.07) is 0. The number of nitrogens with two attached hydrogens (primary N) is 1. The molecule has 0 unspecified atom stereocenters. The molecule has 0 aromatic carbocycles. The van der Waals surface area contributed by atoms with Crippen molar-refractivity contribution in [2.45, 2.75) is 23.8 Å². The highest BCUT2D eigenvalue weighted by atomic mass is 35.5. The lowest BCUT2D eigenvalue weighted by Crippen LogP contribution is -2.33. The van der Waals surface area contributed by atoms with Crippen molar-refractivity contribution in [3.05, 3.63) is 22.5 Å². The van der Waals surface area contributed by atoms with E-state index < -0.39 is 47.7 Å². The maximum Gasteiger partial charge on any atom is 0.351 e. The normalized spacial score (nSPS) is 30.1. The molecular weight excluding hydrogens is 304 g/mol. The van der Waals surface area contributed by atoms with Gasteiger partial charge < -0.3 is 20.7 Å². The highest BCUT2D eigenvalue weighted by molar-refractivity contribution is 6.21. The average Bonchev–Trinajstić information content (AvgIpc) is 2.61. The number of ether oxygens (including phenoxy) is 1. The fraction of sp³-hybridized carbons (Fsp3) is 0.556. The first kappa shape index (κ1) is 16.1. The minimum Gasteiger partial charge on any atom is -0.394 e. The second-order valence-corrected chi connectivity index (χ2v) is 4.35. The van der Waals surface area contributed by atoms with Gasteiger partial charge in [-0.25, -0.2) is 9.18 Å². The number of halogens is 3. The average molecular weight is 316 g/mol. The molecule has 4 N–H and O–H groups in total. The first-order chi connectivity index (χ1) is 8.45. The Morgan fingerprint density at radius 2 is 2.26 bits per heavy atom. The third-order valence-electron chi connectivity index (χ3n) is 2.68. The quantitative estimate of drug-likeness (QED) is 0.619. The molecule has 1 fully saturated rings. The van der Waals surface area contributed by atoms with Crippen LogP contribution in [0.4, 0.5) is 10.2 Å². The van der Waals surface area contributed by atoms with Crippen LogP contribution in [-0.4, -0.2) is 44.0 Å². The van der Waals surface area contributed by atoms with Crippen molar-refractivity contribution in [3.63, 3.8) is 0 Å². The molecule has 10 heteroatoms. The zero-order valence-electron chi connectivity index (χ0n) is 9.44. The van der Waals surface area contributed by atoms with Crippen LogP contribution in [0.5, 0.6) is 0 Å². The molecule has 1 aromatic heterocycles. The summed E-state index contributed by atoms with van der Waals surface area (Å²) in [5, 5.41) is 17.6. The maximum atomic E-state index is 13.3. The van der Waals surface area contributed by atoms with Crippen LogP contribution in [0.15, 0.2) is 11.0 Å². The topological polar surface area (TPSA) is 111 Å². The van der Waals surface area contributed by atoms with Gasteiger partial charge in [0.15, 0.2) is 17.9 Å². The molecule has 1 saturated heterocycles. The van der Waals surface area contributed by atoms with Gasteiger partial charge in [0.05, 0.1) is 12.8 Å². The summed E-state index contributed by atoms with van der Waals surface area (Å²) in [6.07, 6.45) is -2.43. The van der Waals surface area contributed by atoms with Gasteiger partial charge in [-0.3, -0.25) is 4.57 Å². The minimum atomic E-state index is -1.17. The van der Waals surface area contributed by atoms with Gasteiger partial charge >= 0.3 is 5.69 Å². The lowest BCUT2D eigenvalue weighted by Gasteiger charge is -2.16. The molecule has 0 saturated carbocycles. The van der Waals surface area contributed by atoms with E-state index in [1.165, 1.54) is 0 Å². The van der Waals surface area contributed by atoms with Crippen molar-refractivity contribution in [1.29, 1.82) is 0 Å². The fourth-order valence-electron chi connectivity index (χ4n) is 1.72. The van der Waals surface area contributed by atoms with E-state index in [0.717, 1.165) is 10.8 Å². The first-order valence-electron chi connectivity index (χ1n) is 5.08. The van der Waals surface area contributed by atoms with Gasteiger partial charge in [-0.15, -0.1) is 24.0 Å². The molecule has 0 amide bonds. The molecular formula is C9H12Cl2FN3O4. The zero-order valence-corrected chi connectivity index (χ0v) is 11.0. The van der Waals surface area contributed by atoms with Crippen molar-refractivity contribution < 1.29 is 19.3 Å². The summed E-state index contributed by atoms with van der Waals surface area (Å²) in [4.78, 5) is 14.8. The Bertz CT molecular complexity index is 515. The summed E-state index contributed by atoms with van der Waals surface area (Å²) in [5.74, 6) is -1.43. The standard InChI is InChI=1S/C9H11ClFN3O4.ClH/c10-5-6(16)4(2-15)18-8(5)14-1-3(11)7(12)13-9(14)17;/h1,4-6,8,15-16H,2H2,(H2,12,13,17);1H/t4-,5+,6-,8-;/m1./s1. The Balaban J connectivity index is 0.00000180. The van der Waals surface area contributed by atoms with Crippen molar-refractivity contribution in [2.75, 3.05) is 12.3 Å². The minimum absolute atomic E-state index is 0. The molecule has 108 valence electrons. The van der Waals surface area contributed by atoms with E-state index in [1.807, 2.05) is 0 Å².